The highest BCUT2D eigenvalue weighted by Crippen LogP contribution is 2.28. The van der Waals surface area contributed by atoms with Crippen LogP contribution in [0.3, 0.4) is 0 Å². The number of alkyl halides is 3. The fourth-order valence-electron chi connectivity index (χ4n) is 4.18. The summed E-state index contributed by atoms with van der Waals surface area (Å²) in [5.41, 5.74) is 5.51. The van der Waals surface area contributed by atoms with E-state index in [9.17, 15) is 18.0 Å². The minimum absolute atomic E-state index is 0.175. The minimum Gasteiger partial charge on any atom is -0.497 e. The number of benzene rings is 3. The highest BCUT2D eigenvalue weighted by Gasteiger charge is 2.31. The average Bonchev–Trinajstić information content (AvgIpc) is 3.37. The molecule has 3 aromatic carbocycles. The molecule has 0 aliphatic heterocycles. The van der Waals surface area contributed by atoms with Crippen molar-refractivity contribution in [3.8, 4) is 22.8 Å². The van der Waals surface area contributed by atoms with Gasteiger partial charge in [-0.25, -0.2) is 9.97 Å². The second-order valence-electron chi connectivity index (χ2n) is 8.80. The lowest BCUT2D eigenvalue weighted by Gasteiger charge is -2.12. The predicted molar refractivity (Wildman–Crippen MR) is 141 cm³/mol. The van der Waals surface area contributed by atoms with Crippen molar-refractivity contribution >= 4 is 22.6 Å². The third-order valence-electron chi connectivity index (χ3n) is 6.10. The van der Waals surface area contributed by atoms with Gasteiger partial charge in [-0.1, -0.05) is 12.1 Å². The lowest BCUT2D eigenvalue weighted by molar-refractivity contribution is -0.274. The first kappa shape index (κ1) is 25.8. The minimum atomic E-state index is -4.83. The topological polar surface area (TPSA) is 89.1 Å². The smallest absolute Gasteiger partial charge is 0.497 e. The second-order valence-corrected chi connectivity index (χ2v) is 8.80. The average molecular weight is 533 g/mol. The number of fused-ring (bicyclic) bond motifs is 1. The fourth-order valence-corrected chi connectivity index (χ4v) is 4.18. The van der Waals surface area contributed by atoms with Crippen LogP contribution in [0.2, 0.25) is 0 Å². The summed E-state index contributed by atoms with van der Waals surface area (Å²) >= 11 is 0. The third-order valence-corrected chi connectivity index (χ3v) is 6.10. The van der Waals surface area contributed by atoms with Gasteiger partial charge in [-0.15, -0.1) is 13.2 Å². The van der Waals surface area contributed by atoms with Crippen molar-refractivity contribution in [3.05, 3.63) is 102 Å². The Balaban J connectivity index is 1.40. The number of ether oxygens (including phenoxy) is 2. The molecule has 1 amide bonds. The molecule has 0 spiro atoms. The summed E-state index contributed by atoms with van der Waals surface area (Å²) in [4.78, 5) is 25.7. The van der Waals surface area contributed by atoms with Gasteiger partial charge in [-0.2, -0.15) is 0 Å². The number of aromatic nitrogens is 3. The van der Waals surface area contributed by atoms with Crippen LogP contribution in [0, 0.1) is 6.92 Å². The van der Waals surface area contributed by atoms with Crippen LogP contribution in [0.15, 0.2) is 79.0 Å². The maximum atomic E-state index is 12.9. The molecule has 2 aromatic heterocycles. The van der Waals surface area contributed by atoms with E-state index in [2.05, 4.69) is 15.0 Å². The van der Waals surface area contributed by atoms with Crippen LogP contribution in [0.25, 0.3) is 22.3 Å². The lowest BCUT2D eigenvalue weighted by Crippen LogP contribution is -2.17. The van der Waals surface area contributed by atoms with Crippen LogP contribution in [0.1, 0.15) is 27.3 Å². The summed E-state index contributed by atoms with van der Waals surface area (Å²) in [6, 6.07) is 19.8. The summed E-state index contributed by atoms with van der Waals surface area (Å²) in [6.07, 6.45) is -2.65. The monoisotopic (exact) mass is 532 g/mol. The summed E-state index contributed by atoms with van der Waals surface area (Å²) in [5.74, 6) is 0.419. The van der Waals surface area contributed by atoms with E-state index in [1.54, 1.807) is 25.4 Å². The third kappa shape index (κ3) is 6.01. The molecule has 39 heavy (non-hydrogen) atoms. The van der Waals surface area contributed by atoms with E-state index in [4.69, 9.17) is 14.7 Å². The molecule has 0 aliphatic carbocycles. The number of H-pyrrole nitrogens is 1. The summed E-state index contributed by atoms with van der Waals surface area (Å²) < 4.78 is 46.9. The Labute approximate surface area is 221 Å². The molecule has 0 aliphatic rings. The van der Waals surface area contributed by atoms with Crippen LogP contribution in [0.5, 0.6) is 11.5 Å². The van der Waals surface area contributed by atoms with Gasteiger partial charge in [0.25, 0.3) is 5.91 Å². The molecule has 7 nitrogen and oxygen atoms in total. The molecule has 0 fully saturated rings. The number of rotatable bonds is 7. The van der Waals surface area contributed by atoms with Crippen molar-refractivity contribution in [1.82, 2.24) is 15.0 Å². The van der Waals surface area contributed by atoms with Crippen LogP contribution in [0.4, 0.5) is 18.9 Å². The first-order chi connectivity index (χ1) is 18.7. The second kappa shape index (κ2) is 10.5. The van der Waals surface area contributed by atoms with Crippen molar-refractivity contribution < 1.29 is 27.4 Å². The number of aromatic amines is 1. The molecular formula is C29H23F3N4O3. The van der Waals surface area contributed by atoms with Crippen LogP contribution < -0.4 is 14.8 Å². The van der Waals surface area contributed by atoms with Crippen LogP contribution in [-0.2, 0) is 6.42 Å². The van der Waals surface area contributed by atoms with Gasteiger partial charge in [0.05, 0.1) is 23.8 Å². The quantitative estimate of drug-likeness (QED) is 0.244. The first-order valence-corrected chi connectivity index (χ1v) is 11.9. The largest absolute Gasteiger partial charge is 0.573 e. The maximum Gasteiger partial charge on any atom is 0.573 e. The lowest BCUT2D eigenvalue weighted by atomic mass is 10.0. The van der Waals surface area contributed by atoms with Crippen molar-refractivity contribution in [2.45, 2.75) is 19.7 Å². The van der Waals surface area contributed by atoms with E-state index in [1.807, 2.05) is 43.3 Å². The highest BCUT2D eigenvalue weighted by atomic mass is 19.4. The molecule has 0 unspecified atom stereocenters. The molecule has 0 bridgehead atoms. The van der Waals surface area contributed by atoms with Gasteiger partial charge in [-0.3, -0.25) is 4.79 Å². The Morgan fingerprint density at radius 3 is 2.51 bits per heavy atom. The zero-order valence-corrected chi connectivity index (χ0v) is 21.0. The van der Waals surface area contributed by atoms with Gasteiger partial charge < -0.3 is 19.8 Å². The number of carbonyl (C=O) groups is 1. The van der Waals surface area contributed by atoms with Gasteiger partial charge >= 0.3 is 6.36 Å². The number of halogens is 3. The number of nitrogens with zero attached hydrogens (tertiary/aromatic N) is 2. The molecule has 5 rings (SSSR count). The number of nitrogens with one attached hydrogen (secondary N) is 2. The highest BCUT2D eigenvalue weighted by molar-refractivity contribution is 6.04. The number of amides is 1. The number of carbonyl (C=O) groups excluding carboxylic acids is 1. The molecule has 198 valence electrons. The maximum absolute atomic E-state index is 12.9. The Bertz CT molecular complexity index is 1650. The first-order valence-electron chi connectivity index (χ1n) is 11.9. The Hall–Kier alpha value is -4.86. The van der Waals surface area contributed by atoms with E-state index in [0.717, 1.165) is 51.3 Å². The summed E-state index contributed by atoms with van der Waals surface area (Å²) in [6.45, 7) is 1.92. The Kier molecular flexibility index (Phi) is 6.93. The van der Waals surface area contributed by atoms with Crippen molar-refractivity contribution in [1.29, 1.82) is 0 Å². The van der Waals surface area contributed by atoms with Crippen molar-refractivity contribution in [3.63, 3.8) is 0 Å². The molecule has 0 saturated heterocycles. The molecule has 0 saturated carbocycles. The fraction of sp³-hybridized carbons (Fsp3) is 0.138. The zero-order valence-electron chi connectivity index (χ0n) is 21.0. The normalized spacial score (nSPS) is 11.4. The Morgan fingerprint density at radius 2 is 1.77 bits per heavy atom. The molecule has 0 atom stereocenters. The van der Waals surface area contributed by atoms with Gasteiger partial charge in [0.1, 0.15) is 17.3 Å². The van der Waals surface area contributed by atoms with E-state index in [0.29, 0.717) is 17.8 Å². The SMILES string of the molecule is COc1ccc(-c2nc(Cc3cc(C(=O)Nc4cccc(OC(F)(F)F)c4)ccc3C)nc3cc[nH]c23)cc1. The molecule has 10 heteroatoms. The zero-order chi connectivity index (χ0) is 27.6. The van der Waals surface area contributed by atoms with Gasteiger partial charge in [-0.05, 0) is 72.6 Å². The van der Waals surface area contributed by atoms with E-state index in [1.165, 1.54) is 12.1 Å². The Morgan fingerprint density at radius 1 is 0.974 bits per heavy atom. The van der Waals surface area contributed by atoms with E-state index in [-0.39, 0.29) is 5.69 Å². The van der Waals surface area contributed by atoms with Gasteiger partial charge in [0.15, 0.2) is 0 Å². The van der Waals surface area contributed by atoms with Crippen molar-refractivity contribution in [2.75, 3.05) is 12.4 Å². The number of hydrogen-bond donors (Lipinski definition) is 2. The standard InChI is InChI=1S/C29H23F3N4O3/c1-17-6-7-19(28(37)34-21-4-3-5-23(16-21)39-29(30,31)32)14-20(17)15-25-35-24-12-13-33-27(24)26(36-25)18-8-10-22(38-2)11-9-18/h3-14,16,33H,15H2,1-2H3,(H,34,37). The van der Waals surface area contributed by atoms with E-state index < -0.39 is 18.0 Å². The van der Waals surface area contributed by atoms with E-state index >= 15 is 0 Å². The molecule has 2 N–H and O–H groups in total. The predicted octanol–water partition coefficient (Wildman–Crippen LogP) is 6.68. The molecule has 0 radical (unpaired) electrons. The van der Waals surface area contributed by atoms with Crippen LogP contribution in [-0.4, -0.2) is 34.3 Å². The number of methoxy groups -OCH3 is 1. The number of hydrogen-bond acceptors (Lipinski definition) is 5. The van der Waals surface area contributed by atoms with Crippen molar-refractivity contribution in [2.24, 2.45) is 0 Å². The van der Waals surface area contributed by atoms with Gasteiger partial charge in [0.2, 0.25) is 0 Å². The summed E-state index contributed by atoms with van der Waals surface area (Å²) in [5, 5.41) is 2.62. The van der Waals surface area contributed by atoms with Crippen LogP contribution >= 0.6 is 0 Å². The number of anilines is 1. The molecule has 5 aromatic rings. The number of aryl methyl sites for hydroxylation is 1. The molecule has 2 heterocycles. The van der Waals surface area contributed by atoms with Gasteiger partial charge in [0, 0.05) is 35.5 Å². The molecular weight excluding hydrogens is 509 g/mol. The summed E-state index contributed by atoms with van der Waals surface area (Å²) in [7, 11) is 1.61.